The van der Waals surface area contributed by atoms with Gasteiger partial charge in [-0.15, -0.1) is 0 Å². The molecule has 1 heterocycles. The van der Waals surface area contributed by atoms with E-state index in [4.69, 9.17) is 4.74 Å². The fourth-order valence-corrected chi connectivity index (χ4v) is 7.95. The van der Waals surface area contributed by atoms with Crippen molar-refractivity contribution in [1.82, 2.24) is 0 Å². The summed E-state index contributed by atoms with van der Waals surface area (Å²) in [6.45, 7) is 19.3. The minimum absolute atomic E-state index is 0.0194. The van der Waals surface area contributed by atoms with E-state index < -0.39 is 0 Å². The van der Waals surface area contributed by atoms with Crippen LogP contribution in [0, 0.1) is 11.8 Å². The first-order chi connectivity index (χ1) is 21.9. The van der Waals surface area contributed by atoms with Crippen molar-refractivity contribution >= 4 is 0 Å². The molecule has 4 atom stereocenters. The summed E-state index contributed by atoms with van der Waals surface area (Å²) in [6, 6.07) is 7.79. The van der Waals surface area contributed by atoms with Gasteiger partial charge >= 0.3 is 0 Å². The molecule has 0 amide bonds. The first-order valence-corrected chi connectivity index (χ1v) is 18.0. The summed E-state index contributed by atoms with van der Waals surface area (Å²) in [7, 11) is 0. The van der Waals surface area contributed by atoms with Crippen molar-refractivity contribution in [1.29, 1.82) is 0 Å². The predicted octanol–water partition coefficient (Wildman–Crippen LogP) is 11.6. The topological polar surface area (TPSA) is 69.9 Å². The highest BCUT2D eigenvalue weighted by molar-refractivity contribution is 5.54. The van der Waals surface area contributed by atoms with Crippen LogP contribution in [0.1, 0.15) is 147 Å². The lowest BCUT2D eigenvalue weighted by Gasteiger charge is -2.46. The summed E-state index contributed by atoms with van der Waals surface area (Å²) in [4.78, 5) is 0. The minimum Gasteiger partial charge on any atom is -0.507 e. The summed E-state index contributed by atoms with van der Waals surface area (Å²) in [6.07, 6.45) is 17.9. The van der Waals surface area contributed by atoms with Crippen LogP contribution in [0.2, 0.25) is 0 Å². The number of unbranched alkanes of at least 4 members (excludes halogenated alkanes) is 4. The van der Waals surface area contributed by atoms with Crippen LogP contribution < -0.4 is 4.74 Å². The summed E-state index contributed by atoms with van der Waals surface area (Å²) in [5, 5.41) is 31.8. The standard InChI is InChI=1S/2C21H30O2/c1-5-6-7-8-15-12-18(22)20-16-11-14(2)9-10-17(16)21(3,4)23-19(20)13-15;1-5-6-7-8-16-12-19(22)21(20(23)13-16)18-11-15(4)9-10-17(18)14(2)3/h11-13,16-17,22H,5-10H2,1-4H3;11-13,17-18,22-23H,2,5-10H2,1,3-4H3/t16-,17-;/m1./s1. The number of aromatic hydroxyl groups is 3. The summed E-state index contributed by atoms with van der Waals surface area (Å²) < 4.78 is 6.36. The number of rotatable bonds is 10. The lowest BCUT2D eigenvalue weighted by Crippen LogP contribution is -2.45. The molecule has 2 aromatic rings. The van der Waals surface area contributed by atoms with Crippen LogP contribution in [0.4, 0.5) is 0 Å². The van der Waals surface area contributed by atoms with E-state index in [-0.39, 0.29) is 34.9 Å². The molecule has 4 nitrogen and oxygen atoms in total. The number of ether oxygens (including phenoxy) is 1. The van der Waals surface area contributed by atoms with Crippen molar-refractivity contribution in [2.75, 3.05) is 0 Å². The maximum Gasteiger partial charge on any atom is 0.127 e. The van der Waals surface area contributed by atoms with E-state index in [1.165, 1.54) is 48.8 Å². The molecule has 0 saturated carbocycles. The fraction of sp³-hybridized carbons (Fsp3) is 0.571. The van der Waals surface area contributed by atoms with Crippen LogP contribution in [-0.4, -0.2) is 20.9 Å². The Bertz CT molecular complexity index is 1400. The average Bonchev–Trinajstić information content (AvgIpc) is 2.96. The molecule has 1 aliphatic heterocycles. The summed E-state index contributed by atoms with van der Waals surface area (Å²) >= 11 is 0. The quantitative estimate of drug-likeness (QED) is 0.181. The molecule has 0 aromatic heterocycles. The molecule has 3 N–H and O–H groups in total. The summed E-state index contributed by atoms with van der Waals surface area (Å²) in [5.74, 6) is 2.78. The van der Waals surface area contributed by atoms with E-state index in [1.54, 1.807) is 0 Å². The highest BCUT2D eigenvalue weighted by Crippen LogP contribution is 2.53. The van der Waals surface area contributed by atoms with Gasteiger partial charge in [0.1, 0.15) is 28.6 Å². The van der Waals surface area contributed by atoms with E-state index >= 15 is 0 Å². The maximum atomic E-state index is 10.7. The molecule has 4 heteroatoms. The van der Waals surface area contributed by atoms with Gasteiger partial charge in [0.05, 0.1) is 0 Å². The molecule has 2 aliphatic carbocycles. The van der Waals surface area contributed by atoms with Gasteiger partial charge in [0, 0.05) is 28.9 Å². The van der Waals surface area contributed by atoms with Crippen LogP contribution in [0.15, 0.2) is 59.7 Å². The molecule has 46 heavy (non-hydrogen) atoms. The normalized spacial score (nSPS) is 23.1. The van der Waals surface area contributed by atoms with Crippen LogP contribution in [0.25, 0.3) is 0 Å². The van der Waals surface area contributed by atoms with E-state index in [9.17, 15) is 15.3 Å². The van der Waals surface area contributed by atoms with Crippen LogP contribution in [0.3, 0.4) is 0 Å². The zero-order chi connectivity index (χ0) is 33.6. The van der Waals surface area contributed by atoms with E-state index in [1.807, 2.05) is 25.1 Å². The molecule has 0 spiro atoms. The van der Waals surface area contributed by atoms with Crippen LogP contribution in [-0.2, 0) is 12.8 Å². The number of aryl methyl sites for hydroxylation is 2. The molecular formula is C42H60O4. The third-order valence-electron chi connectivity index (χ3n) is 10.6. The second-order valence-corrected chi connectivity index (χ2v) is 14.9. The zero-order valence-corrected chi connectivity index (χ0v) is 29.7. The van der Waals surface area contributed by atoms with Gasteiger partial charge < -0.3 is 20.1 Å². The first kappa shape index (κ1) is 35.7. The molecule has 0 fully saturated rings. The molecule has 0 radical (unpaired) electrons. The highest BCUT2D eigenvalue weighted by atomic mass is 16.5. The van der Waals surface area contributed by atoms with Gasteiger partial charge in [-0.25, -0.2) is 0 Å². The number of hydrogen-bond acceptors (Lipinski definition) is 4. The number of phenolic OH excluding ortho intramolecular Hbond substituents is 3. The maximum absolute atomic E-state index is 10.7. The second kappa shape index (κ2) is 15.6. The largest absolute Gasteiger partial charge is 0.507 e. The third kappa shape index (κ3) is 8.41. The lowest BCUT2D eigenvalue weighted by molar-refractivity contribution is 0.0107. The molecule has 252 valence electrons. The van der Waals surface area contributed by atoms with Gasteiger partial charge in [-0.05, 0) is 127 Å². The number of allylic oxidation sites excluding steroid dienone is 5. The number of phenols is 3. The molecule has 0 saturated heterocycles. The van der Waals surface area contributed by atoms with Crippen LogP contribution >= 0.6 is 0 Å². The van der Waals surface area contributed by atoms with Crippen molar-refractivity contribution in [3.8, 4) is 23.0 Å². The van der Waals surface area contributed by atoms with E-state index in [2.05, 4.69) is 66.3 Å². The van der Waals surface area contributed by atoms with Crippen molar-refractivity contribution in [3.05, 3.63) is 82.0 Å². The fourth-order valence-electron chi connectivity index (χ4n) is 7.95. The Morgan fingerprint density at radius 3 is 1.80 bits per heavy atom. The minimum atomic E-state index is -0.177. The van der Waals surface area contributed by atoms with Crippen molar-refractivity contribution in [2.24, 2.45) is 11.8 Å². The number of hydrogen-bond donors (Lipinski definition) is 3. The van der Waals surface area contributed by atoms with Crippen molar-refractivity contribution < 1.29 is 20.1 Å². The Kier molecular flexibility index (Phi) is 12.1. The van der Waals surface area contributed by atoms with Gasteiger partial charge in [-0.2, -0.15) is 0 Å². The lowest BCUT2D eigenvalue weighted by atomic mass is 9.68. The Labute approximate surface area is 279 Å². The van der Waals surface area contributed by atoms with E-state index in [0.717, 1.165) is 67.4 Å². The SMILES string of the molecule is C=C(C)C1CCC(C)=CC1c1c(O)cc(CCCCC)cc1O.CCCCCc1cc(O)c2c(c1)OC(C)(C)[C@@H]1CCC(C)=C[C@@H]21. The number of benzene rings is 2. The monoisotopic (exact) mass is 628 g/mol. The predicted molar refractivity (Wildman–Crippen MR) is 192 cm³/mol. The smallest absolute Gasteiger partial charge is 0.127 e. The molecule has 3 aliphatic rings. The van der Waals surface area contributed by atoms with Crippen molar-refractivity contribution in [3.63, 3.8) is 0 Å². The molecule has 5 rings (SSSR count). The number of fused-ring (bicyclic) bond motifs is 3. The van der Waals surface area contributed by atoms with Gasteiger partial charge in [0.25, 0.3) is 0 Å². The molecular weight excluding hydrogens is 568 g/mol. The van der Waals surface area contributed by atoms with Gasteiger partial charge in [0.15, 0.2) is 0 Å². The summed E-state index contributed by atoms with van der Waals surface area (Å²) in [5.41, 5.74) is 7.57. The Morgan fingerprint density at radius 2 is 1.26 bits per heavy atom. The average molecular weight is 629 g/mol. The molecule has 0 bridgehead atoms. The molecule has 2 unspecified atom stereocenters. The van der Waals surface area contributed by atoms with Crippen LogP contribution in [0.5, 0.6) is 23.0 Å². The highest BCUT2D eigenvalue weighted by Gasteiger charge is 2.45. The Hall–Kier alpha value is -3.14. The Morgan fingerprint density at radius 1 is 0.761 bits per heavy atom. The van der Waals surface area contributed by atoms with Crippen molar-refractivity contribution in [2.45, 2.75) is 143 Å². The zero-order valence-electron chi connectivity index (χ0n) is 29.7. The molecule has 2 aromatic carbocycles. The second-order valence-electron chi connectivity index (χ2n) is 14.9. The first-order valence-electron chi connectivity index (χ1n) is 18.0. The van der Waals surface area contributed by atoms with Gasteiger partial charge in [0.2, 0.25) is 0 Å². The van der Waals surface area contributed by atoms with Gasteiger partial charge in [-0.1, -0.05) is 75.0 Å². The van der Waals surface area contributed by atoms with Gasteiger partial charge in [-0.3, -0.25) is 0 Å². The Balaban J connectivity index is 0.000000209. The van der Waals surface area contributed by atoms with E-state index in [0.29, 0.717) is 17.2 Å². The third-order valence-corrected chi connectivity index (χ3v) is 10.6.